The number of rotatable bonds is 3. The molecule has 4 atom stereocenters. The van der Waals surface area contributed by atoms with Crippen molar-refractivity contribution in [3.05, 3.63) is 42.0 Å². The Bertz CT molecular complexity index is 902. The summed E-state index contributed by atoms with van der Waals surface area (Å²) in [6, 6.07) is 5.48. The quantitative estimate of drug-likeness (QED) is 0.845. The number of aliphatic hydroxyl groups excluding tert-OH is 1. The van der Waals surface area contributed by atoms with Crippen molar-refractivity contribution in [2.75, 3.05) is 5.32 Å². The number of hydrogen-bond donors (Lipinski definition) is 2. The Balaban J connectivity index is 1.57. The molecule has 0 unspecified atom stereocenters. The van der Waals surface area contributed by atoms with Crippen molar-refractivity contribution in [3.8, 4) is 11.4 Å². The van der Waals surface area contributed by atoms with E-state index in [1.165, 1.54) is 0 Å². The maximum absolute atomic E-state index is 13.1. The van der Waals surface area contributed by atoms with Gasteiger partial charge in [-0.05, 0) is 56.7 Å². The number of piperidine rings is 1. The van der Waals surface area contributed by atoms with Crippen molar-refractivity contribution in [1.82, 2.24) is 14.9 Å². The molecule has 0 spiro atoms. The Morgan fingerprint density at radius 3 is 2.75 bits per heavy atom. The lowest BCUT2D eigenvalue weighted by atomic mass is 9.62. The van der Waals surface area contributed by atoms with Crippen LogP contribution in [0.15, 0.2) is 30.6 Å². The number of carbonyl (C=O) groups is 1. The van der Waals surface area contributed by atoms with Crippen LogP contribution >= 0.6 is 0 Å². The zero-order valence-electron chi connectivity index (χ0n) is 16.3. The molecule has 2 fully saturated rings. The highest BCUT2D eigenvalue weighted by Crippen LogP contribution is 2.51. The van der Waals surface area contributed by atoms with Gasteiger partial charge in [0.25, 0.3) is 0 Å². The second-order valence-electron chi connectivity index (χ2n) is 8.24. The van der Waals surface area contributed by atoms with E-state index in [-0.39, 0.29) is 12.1 Å². The third-order valence-corrected chi connectivity index (χ3v) is 6.16. The first-order valence-corrected chi connectivity index (χ1v) is 9.67. The van der Waals surface area contributed by atoms with Gasteiger partial charge >= 0.3 is 6.03 Å². The fourth-order valence-corrected chi connectivity index (χ4v) is 4.86. The summed E-state index contributed by atoms with van der Waals surface area (Å²) in [5.41, 5.74) is 1.82. The minimum atomic E-state index is -0.571. The summed E-state index contributed by atoms with van der Waals surface area (Å²) in [7, 11) is 0. The van der Waals surface area contributed by atoms with E-state index in [4.69, 9.17) is 0 Å². The van der Waals surface area contributed by atoms with Gasteiger partial charge in [-0.3, -0.25) is 0 Å². The predicted octanol–water partition coefficient (Wildman–Crippen LogP) is 3.75. The van der Waals surface area contributed by atoms with Crippen LogP contribution in [0.25, 0.3) is 11.4 Å². The van der Waals surface area contributed by atoms with Crippen LogP contribution in [0.1, 0.15) is 38.7 Å². The highest BCUT2D eigenvalue weighted by atomic mass is 19.1. The summed E-state index contributed by atoms with van der Waals surface area (Å²) in [6.07, 6.45) is 4.31. The van der Waals surface area contributed by atoms with Crippen molar-refractivity contribution >= 4 is 11.7 Å². The van der Waals surface area contributed by atoms with Crippen LogP contribution in [0.5, 0.6) is 0 Å². The van der Waals surface area contributed by atoms with E-state index in [1.807, 2.05) is 24.0 Å². The molecule has 2 N–H and O–H groups in total. The fraction of sp³-hybridized carbons (Fsp3) is 0.476. The summed E-state index contributed by atoms with van der Waals surface area (Å²) in [5.74, 6) is 0.414. The van der Waals surface area contributed by atoms with Gasteiger partial charge in [-0.15, -0.1) is 0 Å². The molecule has 2 saturated heterocycles. The number of urea groups is 1. The smallest absolute Gasteiger partial charge is 0.322 e. The van der Waals surface area contributed by atoms with Crippen molar-refractivity contribution in [3.63, 3.8) is 0 Å². The first-order chi connectivity index (χ1) is 13.3. The van der Waals surface area contributed by atoms with Gasteiger partial charge in [0, 0.05) is 17.3 Å². The highest BCUT2D eigenvalue weighted by Gasteiger charge is 2.60. The molecule has 4 rings (SSSR count). The molecule has 0 radical (unpaired) electrons. The van der Waals surface area contributed by atoms with Crippen LogP contribution in [0.3, 0.4) is 0 Å². The average Bonchev–Trinajstić information content (AvgIpc) is 2.63. The van der Waals surface area contributed by atoms with Gasteiger partial charge < -0.3 is 15.3 Å². The van der Waals surface area contributed by atoms with E-state index >= 15 is 0 Å². The fourth-order valence-electron chi connectivity index (χ4n) is 4.86. The number of fused-ring (bicyclic) bond motifs is 2. The Hall–Kier alpha value is -2.54. The molecule has 2 amide bonds. The third kappa shape index (κ3) is 3.03. The van der Waals surface area contributed by atoms with Gasteiger partial charge in [0.05, 0.1) is 24.0 Å². The Kier molecular flexibility index (Phi) is 4.57. The zero-order valence-corrected chi connectivity index (χ0v) is 16.3. The average molecular weight is 384 g/mol. The molecule has 1 aromatic heterocycles. The maximum atomic E-state index is 13.1. The van der Waals surface area contributed by atoms with E-state index in [0.29, 0.717) is 17.4 Å². The molecule has 7 heteroatoms. The second kappa shape index (κ2) is 6.81. The van der Waals surface area contributed by atoms with Crippen LogP contribution < -0.4 is 5.32 Å². The summed E-state index contributed by atoms with van der Waals surface area (Å²) in [6.45, 7) is 5.86. The monoisotopic (exact) mass is 384 g/mol. The van der Waals surface area contributed by atoms with Crippen LogP contribution in [0.4, 0.5) is 14.9 Å². The summed E-state index contributed by atoms with van der Waals surface area (Å²) >= 11 is 0. The first-order valence-electron chi connectivity index (χ1n) is 9.67. The minimum Gasteiger partial charge on any atom is -0.391 e. The molecule has 28 heavy (non-hydrogen) atoms. The highest BCUT2D eigenvalue weighted by molar-refractivity contribution is 5.92. The lowest BCUT2D eigenvalue weighted by Crippen LogP contribution is -2.76. The molecule has 2 aliphatic heterocycles. The number of aliphatic hydroxyl groups is 1. The normalized spacial score (nSPS) is 27.1. The number of halogens is 1. The van der Waals surface area contributed by atoms with Gasteiger partial charge in [-0.2, -0.15) is 0 Å². The van der Waals surface area contributed by atoms with Crippen LogP contribution in [-0.4, -0.2) is 43.7 Å². The predicted molar refractivity (Wildman–Crippen MR) is 104 cm³/mol. The van der Waals surface area contributed by atoms with E-state index < -0.39 is 17.5 Å². The van der Waals surface area contributed by atoms with Crippen LogP contribution in [-0.2, 0) is 0 Å². The lowest BCUT2D eigenvalue weighted by molar-refractivity contribution is -0.146. The SMILES string of the molecule is Cc1ccc(NC(=O)N2[C@@H]3C[C@H](C)C[C@@]2([C@H](C)O)C3)cc1-c1ncc(F)cn1. The number of amides is 2. The molecule has 1 aromatic carbocycles. The second-order valence-corrected chi connectivity index (χ2v) is 8.24. The zero-order chi connectivity index (χ0) is 20.1. The molecular formula is C21H25FN4O2. The number of anilines is 1. The number of benzene rings is 1. The van der Waals surface area contributed by atoms with E-state index in [9.17, 15) is 14.3 Å². The van der Waals surface area contributed by atoms with Gasteiger partial charge in [0.1, 0.15) is 0 Å². The molecule has 2 aliphatic rings. The van der Waals surface area contributed by atoms with Gasteiger partial charge in [-0.1, -0.05) is 13.0 Å². The van der Waals surface area contributed by atoms with Crippen molar-refractivity contribution < 1.29 is 14.3 Å². The van der Waals surface area contributed by atoms with Gasteiger partial charge in [0.15, 0.2) is 11.6 Å². The molecule has 2 aromatic rings. The van der Waals surface area contributed by atoms with Crippen molar-refractivity contribution in [1.29, 1.82) is 0 Å². The Labute approximate surface area is 163 Å². The summed E-state index contributed by atoms with van der Waals surface area (Å²) < 4.78 is 13.1. The molecule has 2 bridgehead atoms. The summed E-state index contributed by atoms with van der Waals surface area (Å²) in [4.78, 5) is 22.9. The number of nitrogens with zero attached hydrogens (tertiary/aromatic N) is 3. The number of aryl methyl sites for hydroxylation is 1. The Morgan fingerprint density at radius 1 is 1.36 bits per heavy atom. The van der Waals surface area contributed by atoms with Gasteiger partial charge in [-0.25, -0.2) is 19.2 Å². The largest absolute Gasteiger partial charge is 0.391 e. The maximum Gasteiger partial charge on any atom is 0.322 e. The topological polar surface area (TPSA) is 78.4 Å². The Morgan fingerprint density at radius 2 is 2.07 bits per heavy atom. The van der Waals surface area contributed by atoms with E-state index in [0.717, 1.165) is 42.8 Å². The molecule has 3 heterocycles. The molecule has 0 aliphatic carbocycles. The molecular weight excluding hydrogens is 359 g/mol. The standard InChI is InChI=1S/C21H25FN4O2/c1-12-6-17-9-21(8-12,14(3)27)26(17)20(28)25-16-5-4-13(2)18(7-16)19-23-10-15(22)11-24-19/h4-5,7,10-12,14,17,27H,6,8-9H2,1-3H3,(H,25,28)/t12-,14-,17+,21-/m0/s1. The summed E-state index contributed by atoms with van der Waals surface area (Å²) in [5, 5.41) is 13.3. The molecule has 0 saturated carbocycles. The van der Waals surface area contributed by atoms with Crippen molar-refractivity contribution in [2.24, 2.45) is 5.92 Å². The molecule has 6 nitrogen and oxygen atoms in total. The minimum absolute atomic E-state index is 0.170. The number of carbonyl (C=O) groups excluding carboxylic acids is 1. The lowest BCUT2D eigenvalue weighted by Gasteiger charge is -2.64. The van der Waals surface area contributed by atoms with Gasteiger partial charge in [0.2, 0.25) is 0 Å². The third-order valence-electron chi connectivity index (χ3n) is 6.16. The molecule has 148 valence electrons. The van der Waals surface area contributed by atoms with E-state index in [1.54, 1.807) is 13.0 Å². The number of hydrogen-bond acceptors (Lipinski definition) is 4. The number of aromatic nitrogens is 2. The number of nitrogens with one attached hydrogen (secondary N) is 1. The van der Waals surface area contributed by atoms with E-state index in [2.05, 4.69) is 22.2 Å². The van der Waals surface area contributed by atoms with Crippen LogP contribution in [0.2, 0.25) is 0 Å². The first kappa shape index (κ1) is 18.8. The van der Waals surface area contributed by atoms with Crippen LogP contribution in [0, 0.1) is 18.7 Å². The van der Waals surface area contributed by atoms with Crippen molar-refractivity contribution in [2.45, 2.75) is 57.7 Å².